The lowest BCUT2D eigenvalue weighted by atomic mass is 9.84. The van der Waals surface area contributed by atoms with Gasteiger partial charge >= 0.3 is 0 Å². The standard InChI is InChI=1S/C10H17NO2/c1-10(2)6-11(7-10)9(12)8-4-3-5-13-8/h8H,3-7H2,1-2H3/t8-/m1/s1. The van der Waals surface area contributed by atoms with E-state index < -0.39 is 0 Å². The van der Waals surface area contributed by atoms with E-state index in [4.69, 9.17) is 4.74 Å². The monoisotopic (exact) mass is 183 g/mol. The molecule has 0 aliphatic carbocycles. The van der Waals surface area contributed by atoms with Crippen LogP contribution in [0.1, 0.15) is 26.7 Å². The molecule has 1 amide bonds. The van der Waals surface area contributed by atoms with Gasteiger partial charge in [0.05, 0.1) is 0 Å². The van der Waals surface area contributed by atoms with Crippen LogP contribution in [0.25, 0.3) is 0 Å². The van der Waals surface area contributed by atoms with Crippen LogP contribution in [-0.4, -0.2) is 36.6 Å². The molecule has 3 heteroatoms. The Kier molecular flexibility index (Phi) is 2.06. The van der Waals surface area contributed by atoms with Crippen LogP contribution < -0.4 is 0 Å². The number of likely N-dealkylation sites (tertiary alicyclic amines) is 1. The van der Waals surface area contributed by atoms with Crippen LogP contribution in [0.5, 0.6) is 0 Å². The van der Waals surface area contributed by atoms with Gasteiger partial charge in [0.1, 0.15) is 6.10 Å². The molecule has 2 heterocycles. The summed E-state index contributed by atoms with van der Waals surface area (Å²) >= 11 is 0. The Morgan fingerprint density at radius 1 is 1.46 bits per heavy atom. The highest BCUT2D eigenvalue weighted by Gasteiger charge is 2.40. The Morgan fingerprint density at radius 2 is 2.15 bits per heavy atom. The number of hydrogen-bond acceptors (Lipinski definition) is 2. The van der Waals surface area contributed by atoms with Crippen LogP contribution in [0.15, 0.2) is 0 Å². The van der Waals surface area contributed by atoms with Crippen molar-refractivity contribution >= 4 is 5.91 Å². The minimum atomic E-state index is -0.129. The summed E-state index contributed by atoms with van der Waals surface area (Å²) in [6.45, 7) is 6.92. The molecule has 0 aromatic heterocycles. The summed E-state index contributed by atoms with van der Waals surface area (Å²) in [6, 6.07) is 0. The van der Waals surface area contributed by atoms with Gasteiger partial charge in [-0.1, -0.05) is 13.8 Å². The summed E-state index contributed by atoms with van der Waals surface area (Å²) in [7, 11) is 0. The largest absolute Gasteiger partial charge is 0.368 e. The van der Waals surface area contributed by atoms with E-state index in [2.05, 4.69) is 13.8 Å². The van der Waals surface area contributed by atoms with Crippen molar-refractivity contribution < 1.29 is 9.53 Å². The van der Waals surface area contributed by atoms with Gasteiger partial charge in [0.2, 0.25) is 0 Å². The Labute approximate surface area is 79.0 Å². The first-order valence-corrected chi connectivity index (χ1v) is 4.99. The molecule has 0 bridgehead atoms. The summed E-state index contributed by atoms with van der Waals surface area (Å²) < 4.78 is 5.35. The lowest BCUT2D eigenvalue weighted by molar-refractivity contribution is -0.151. The van der Waals surface area contributed by atoms with Gasteiger partial charge in [0.15, 0.2) is 0 Å². The maximum atomic E-state index is 11.7. The first kappa shape index (κ1) is 9.00. The number of carbonyl (C=O) groups excluding carboxylic acids is 1. The summed E-state index contributed by atoms with van der Waals surface area (Å²) in [5.41, 5.74) is 0.328. The smallest absolute Gasteiger partial charge is 0.251 e. The number of rotatable bonds is 1. The molecular formula is C10H17NO2. The topological polar surface area (TPSA) is 29.5 Å². The van der Waals surface area contributed by atoms with Gasteiger partial charge in [-0.2, -0.15) is 0 Å². The first-order chi connectivity index (χ1) is 6.08. The molecule has 0 saturated carbocycles. The van der Waals surface area contributed by atoms with Gasteiger partial charge in [-0.05, 0) is 18.3 Å². The van der Waals surface area contributed by atoms with Crippen molar-refractivity contribution in [2.24, 2.45) is 5.41 Å². The van der Waals surface area contributed by atoms with Gasteiger partial charge in [-0.15, -0.1) is 0 Å². The molecule has 0 aromatic carbocycles. The van der Waals surface area contributed by atoms with Crippen molar-refractivity contribution in [2.45, 2.75) is 32.8 Å². The maximum Gasteiger partial charge on any atom is 0.251 e. The highest BCUT2D eigenvalue weighted by atomic mass is 16.5. The lowest BCUT2D eigenvalue weighted by Gasteiger charge is -2.46. The number of nitrogens with zero attached hydrogens (tertiary/aromatic N) is 1. The third-order valence-corrected chi connectivity index (χ3v) is 2.75. The zero-order valence-corrected chi connectivity index (χ0v) is 8.38. The normalized spacial score (nSPS) is 31.5. The Morgan fingerprint density at radius 3 is 2.62 bits per heavy atom. The van der Waals surface area contributed by atoms with E-state index in [-0.39, 0.29) is 12.0 Å². The SMILES string of the molecule is CC1(C)CN(C(=O)[C@H]2CCCO2)C1. The zero-order valence-electron chi connectivity index (χ0n) is 8.38. The fourth-order valence-electron chi connectivity index (χ4n) is 2.12. The van der Waals surface area contributed by atoms with Crippen LogP contribution in [0.2, 0.25) is 0 Å². The molecule has 0 spiro atoms. The summed E-state index contributed by atoms with van der Waals surface area (Å²) in [4.78, 5) is 13.6. The van der Waals surface area contributed by atoms with E-state index in [9.17, 15) is 4.79 Å². The highest BCUT2D eigenvalue weighted by molar-refractivity contribution is 5.82. The van der Waals surface area contributed by atoms with E-state index >= 15 is 0 Å². The van der Waals surface area contributed by atoms with E-state index in [1.165, 1.54) is 0 Å². The molecule has 0 aromatic rings. The average molecular weight is 183 g/mol. The molecule has 13 heavy (non-hydrogen) atoms. The molecule has 2 fully saturated rings. The second kappa shape index (κ2) is 2.98. The Bertz CT molecular complexity index is 211. The molecule has 1 atom stereocenters. The number of amides is 1. The summed E-state index contributed by atoms with van der Waals surface area (Å²) in [5.74, 6) is 0.205. The lowest BCUT2D eigenvalue weighted by Crippen LogP contribution is -2.57. The maximum absolute atomic E-state index is 11.7. The molecule has 0 unspecified atom stereocenters. The van der Waals surface area contributed by atoms with E-state index in [0.717, 1.165) is 32.5 Å². The van der Waals surface area contributed by atoms with Crippen LogP contribution >= 0.6 is 0 Å². The molecular weight excluding hydrogens is 166 g/mol. The third-order valence-electron chi connectivity index (χ3n) is 2.75. The molecule has 2 saturated heterocycles. The van der Waals surface area contributed by atoms with Gasteiger partial charge in [0.25, 0.3) is 5.91 Å². The van der Waals surface area contributed by atoms with Gasteiger partial charge in [-0.25, -0.2) is 0 Å². The molecule has 3 nitrogen and oxygen atoms in total. The molecule has 2 rings (SSSR count). The van der Waals surface area contributed by atoms with Crippen LogP contribution in [0.3, 0.4) is 0 Å². The third kappa shape index (κ3) is 1.70. The number of hydrogen-bond donors (Lipinski definition) is 0. The van der Waals surface area contributed by atoms with Crippen LogP contribution in [-0.2, 0) is 9.53 Å². The average Bonchev–Trinajstić information content (AvgIpc) is 2.50. The number of ether oxygens (including phenoxy) is 1. The Hall–Kier alpha value is -0.570. The summed E-state index contributed by atoms with van der Waals surface area (Å²) in [5, 5.41) is 0. The minimum absolute atomic E-state index is 0.129. The van der Waals surface area contributed by atoms with E-state index in [0.29, 0.717) is 5.41 Å². The molecule has 0 N–H and O–H groups in total. The Balaban J connectivity index is 1.85. The minimum Gasteiger partial charge on any atom is -0.368 e. The fraction of sp³-hybridized carbons (Fsp3) is 0.900. The predicted molar refractivity (Wildman–Crippen MR) is 49.3 cm³/mol. The molecule has 74 valence electrons. The van der Waals surface area contributed by atoms with Crippen molar-refractivity contribution in [2.75, 3.05) is 19.7 Å². The van der Waals surface area contributed by atoms with Crippen molar-refractivity contribution in [3.8, 4) is 0 Å². The summed E-state index contributed by atoms with van der Waals surface area (Å²) in [6.07, 6.45) is 1.82. The number of carbonyl (C=O) groups is 1. The van der Waals surface area contributed by atoms with Crippen molar-refractivity contribution in [1.29, 1.82) is 0 Å². The van der Waals surface area contributed by atoms with E-state index in [1.54, 1.807) is 0 Å². The van der Waals surface area contributed by atoms with Crippen molar-refractivity contribution in [3.05, 3.63) is 0 Å². The predicted octanol–water partition coefficient (Wildman–Crippen LogP) is 1.03. The van der Waals surface area contributed by atoms with Crippen LogP contribution in [0, 0.1) is 5.41 Å². The molecule has 0 radical (unpaired) electrons. The quantitative estimate of drug-likeness (QED) is 0.607. The second-order valence-corrected chi connectivity index (χ2v) is 4.86. The van der Waals surface area contributed by atoms with E-state index in [1.807, 2.05) is 4.90 Å². The zero-order chi connectivity index (χ0) is 9.47. The first-order valence-electron chi connectivity index (χ1n) is 4.99. The highest BCUT2D eigenvalue weighted by Crippen LogP contribution is 2.30. The van der Waals surface area contributed by atoms with Gasteiger partial charge in [-0.3, -0.25) is 4.79 Å². The molecule has 2 aliphatic rings. The van der Waals surface area contributed by atoms with Crippen LogP contribution in [0.4, 0.5) is 0 Å². The molecule has 2 aliphatic heterocycles. The van der Waals surface area contributed by atoms with Crippen molar-refractivity contribution in [1.82, 2.24) is 4.90 Å². The second-order valence-electron chi connectivity index (χ2n) is 4.86. The van der Waals surface area contributed by atoms with Crippen molar-refractivity contribution in [3.63, 3.8) is 0 Å². The van der Waals surface area contributed by atoms with Gasteiger partial charge < -0.3 is 9.64 Å². The van der Waals surface area contributed by atoms with Gasteiger partial charge in [0, 0.05) is 19.7 Å². The fourth-order valence-corrected chi connectivity index (χ4v) is 2.12.